The molecule has 30 heavy (non-hydrogen) atoms. The Labute approximate surface area is 211 Å². The average Bonchev–Trinajstić information content (AvgIpc) is 3.59. The first-order valence-corrected chi connectivity index (χ1v) is 15.9. The van der Waals surface area contributed by atoms with E-state index in [9.17, 15) is 0 Å². The molecule has 4 aliphatic heterocycles. The normalized spacial score (nSPS) is 19.5. The van der Waals surface area contributed by atoms with Crippen LogP contribution < -0.4 is 0 Å². The summed E-state index contributed by atoms with van der Waals surface area (Å²) in [5.74, 6) is 0. The quantitative estimate of drug-likeness (QED) is 0.369. The average molecular weight is 535 g/mol. The van der Waals surface area contributed by atoms with Crippen LogP contribution in [-0.4, -0.2) is 0 Å². The van der Waals surface area contributed by atoms with Crippen molar-refractivity contribution in [2.75, 3.05) is 0 Å². The molecule has 8 heteroatoms. The zero-order valence-electron chi connectivity index (χ0n) is 15.3. The van der Waals surface area contributed by atoms with E-state index in [1.54, 1.807) is 47.0 Å². The number of allylic oxidation sites excluding steroid dienone is 4. The molecule has 1 aromatic rings. The summed E-state index contributed by atoms with van der Waals surface area (Å²) in [6, 6.07) is 9.09. The first-order chi connectivity index (χ1) is 14.9. The van der Waals surface area contributed by atoms with Crippen LogP contribution in [0.4, 0.5) is 0 Å². The summed E-state index contributed by atoms with van der Waals surface area (Å²) in [6.45, 7) is 0. The first-order valence-electron chi connectivity index (χ1n) is 8.83. The van der Waals surface area contributed by atoms with Gasteiger partial charge in [-0.15, -0.1) is 0 Å². The molecule has 0 nitrogen and oxygen atoms in total. The van der Waals surface area contributed by atoms with Gasteiger partial charge in [-0.1, -0.05) is 118 Å². The second-order valence-electron chi connectivity index (χ2n) is 5.94. The SMILES string of the molecule is C1=CSC(=CC(=C2SC=CS2)c2ccc(C(C=C3SC=CS3)=C3SC=CS3)cc2)S1. The fourth-order valence-corrected chi connectivity index (χ4v) is 9.81. The molecule has 5 rings (SSSR count). The predicted octanol–water partition coefficient (Wildman–Crippen LogP) is 10.5. The summed E-state index contributed by atoms with van der Waals surface area (Å²) in [5, 5.41) is 17.3. The fourth-order valence-electron chi connectivity index (χ4n) is 2.82. The van der Waals surface area contributed by atoms with Crippen molar-refractivity contribution in [2.45, 2.75) is 0 Å². The summed E-state index contributed by atoms with van der Waals surface area (Å²) in [6.07, 6.45) is 4.66. The maximum atomic E-state index is 2.33. The third-order valence-corrected chi connectivity index (χ3v) is 12.4. The van der Waals surface area contributed by atoms with Gasteiger partial charge < -0.3 is 0 Å². The van der Waals surface area contributed by atoms with Crippen molar-refractivity contribution in [3.05, 3.63) is 108 Å². The molecule has 0 spiro atoms. The molecule has 0 fully saturated rings. The minimum absolute atomic E-state index is 1.27. The molecule has 0 saturated carbocycles. The third kappa shape index (κ3) is 5.29. The van der Waals surface area contributed by atoms with E-state index in [2.05, 4.69) is 79.7 Å². The molecule has 150 valence electrons. The van der Waals surface area contributed by atoms with Crippen LogP contribution in [0.2, 0.25) is 0 Å². The van der Waals surface area contributed by atoms with E-state index in [1.807, 2.05) is 47.0 Å². The van der Waals surface area contributed by atoms with Crippen molar-refractivity contribution in [3.8, 4) is 0 Å². The van der Waals surface area contributed by atoms with E-state index >= 15 is 0 Å². The van der Waals surface area contributed by atoms with Gasteiger partial charge in [-0.3, -0.25) is 0 Å². The minimum atomic E-state index is 1.27. The molecule has 0 aromatic heterocycles. The maximum Gasteiger partial charge on any atom is 0.0565 e. The molecule has 0 N–H and O–H groups in total. The maximum absolute atomic E-state index is 2.33. The molecular formula is C22H14S8. The molecule has 0 bridgehead atoms. The zero-order valence-corrected chi connectivity index (χ0v) is 21.9. The molecule has 0 aliphatic carbocycles. The molecular weight excluding hydrogens is 521 g/mol. The second-order valence-corrected chi connectivity index (χ2v) is 14.4. The lowest BCUT2D eigenvalue weighted by Gasteiger charge is -2.12. The highest BCUT2D eigenvalue weighted by atomic mass is 32.2. The van der Waals surface area contributed by atoms with E-state index in [0.29, 0.717) is 0 Å². The van der Waals surface area contributed by atoms with E-state index in [1.165, 1.54) is 39.2 Å². The Hall–Kier alpha value is -0.0600. The lowest BCUT2D eigenvalue weighted by molar-refractivity contribution is 1.57. The summed E-state index contributed by atoms with van der Waals surface area (Å²) < 4.78 is 5.35. The number of hydrogen-bond donors (Lipinski definition) is 0. The summed E-state index contributed by atoms with van der Waals surface area (Å²) >= 11 is 14.4. The monoisotopic (exact) mass is 534 g/mol. The molecule has 0 atom stereocenters. The predicted molar refractivity (Wildman–Crippen MR) is 154 cm³/mol. The van der Waals surface area contributed by atoms with Gasteiger partial charge in [0.2, 0.25) is 0 Å². The lowest BCUT2D eigenvalue weighted by Crippen LogP contribution is -1.88. The molecule has 0 amide bonds. The van der Waals surface area contributed by atoms with Gasteiger partial charge >= 0.3 is 0 Å². The minimum Gasteiger partial charge on any atom is -0.0902 e. The Morgan fingerprint density at radius 1 is 0.433 bits per heavy atom. The van der Waals surface area contributed by atoms with Crippen molar-refractivity contribution in [1.29, 1.82) is 0 Å². The van der Waals surface area contributed by atoms with E-state index in [-0.39, 0.29) is 0 Å². The van der Waals surface area contributed by atoms with Gasteiger partial charge in [-0.05, 0) is 66.5 Å². The van der Waals surface area contributed by atoms with Gasteiger partial charge in [0.25, 0.3) is 0 Å². The van der Waals surface area contributed by atoms with Crippen molar-refractivity contribution < 1.29 is 0 Å². The van der Waals surface area contributed by atoms with Gasteiger partial charge in [-0.2, -0.15) is 0 Å². The van der Waals surface area contributed by atoms with Crippen LogP contribution in [0.15, 0.2) is 96.6 Å². The van der Waals surface area contributed by atoms with Crippen LogP contribution >= 0.6 is 94.1 Å². The summed E-state index contributed by atoms with van der Waals surface area (Å²) in [7, 11) is 0. The highest BCUT2D eigenvalue weighted by molar-refractivity contribution is 8.29. The molecule has 0 saturated heterocycles. The van der Waals surface area contributed by atoms with Gasteiger partial charge in [0, 0.05) is 19.6 Å². The highest BCUT2D eigenvalue weighted by Crippen LogP contribution is 2.48. The number of thioether (sulfide) groups is 8. The second kappa shape index (κ2) is 10.7. The highest BCUT2D eigenvalue weighted by Gasteiger charge is 2.16. The van der Waals surface area contributed by atoms with E-state index in [0.717, 1.165) is 0 Å². The van der Waals surface area contributed by atoms with E-state index in [4.69, 9.17) is 0 Å². The Balaban J connectivity index is 1.48. The van der Waals surface area contributed by atoms with Crippen molar-refractivity contribution in [1.82, 2.24) is 0 Å². The van der Waals surface area contributed by atoms with Crippen LogP contribution in [0.25, 0.3) is 11.1 Å². The molecule has 1 aromatic carbocycles. The van der Waals surface area contributed by atoms with Gasteiger partial charge in [0.05, 0.1) is 8.47 Å². The molecule has 0 radical (unpaired) electrons. The number of benzene rings is 1. The van der Waals surface area contributed by atoms with Crippen LogP contribution in [-0.2, 0) is 0 Å². The first kappa shape index (κ1) is 21.8. The lowest BCUT2D eigenvalue weighted by atomic mass is 10.0. The fraction of sp³-hybridized carbons (Fsp3) is 0. The van der Waals surface area contributed by atoms with Gasteiger partial charge in [-0.25, -0.2) is 0 Å². The number of rotatable bonds is 4. The Morgan fingerprint density at radius 3 is 1.07 bits per heavy atom. The molecule has 0 unspecified atom stereocenters. The Bertz CT molecular complexity index is 954. The van der Waals surface area contributed by atoms with Gasteiger partial charge in [0.15, 0.2) is 0 Å². The molecule has 4 heterocycles. The summed E-state index contributed by atoms with van der Waals surface area (Å²) in [4.78, 5) is 0. The Kier molecular flexibility index (Phi) is 7.77. The Morgan fingerprint density at radius 2 is 0.733 bits per heavy atom. The summed E-state index contributed by atoms with van der Waals surface area (Å²) in [5.41, 5.74) is 5.16. The van der Waals surface area contributed by atoms with Crippen molar-refractivity contribution in [2.24, 2.45) is 0 Å². The van der Waals surface area contributed by atoms with E-state index < -0.39 is 0 Å². The van der Waals surface area contributed by atoms with Crippen LogP contribution in [0.3, 0.4) is 0 Å². The largest absolute Gasteiger partial charge is 0.0902 e. The topological polar surface area (TPSA) is 0 Å². The third-order valence-electron chi connectivity index (χ3n) is 4.13. The number of hydrogen-bond acceptors (Lipinski definition) is 8. The van der Waals surface area contributed by atoms with Crippen molar-refractivity contribution >= 4 is 105 Å². The molecule has 4 aliphatic rings. The van der Waals surface area contributed by atoms with Gasteiger partial charge in [0.1, 0.15) is 0 Å². The van der Waals surface area contributed by atoms with Crippen LogP contribution in [0, 0.1) is 0 Å². The smallest absolute Gasteiger partial charge is 0.0565 e. The zero-order chi connectivity index (χ0) is 20.2. The van der Waals surface area contributed by atoms with Crippen molar-refractivity contribution in [3.63, 3.8) is 0 Å². The van der Waals surface area contributed by atoms with Crippen LogP contribution in [0.5, 0.6) is 0 Å². The van der Waals surface area contributed by atoms with Crippen LogP contribution in [0.1, 0.15) is 11.1 Å². The standard InChI is InChI=1S/C22H14S8/c1-2-16(18(22-29-11-12-30-22)14-20-25-7-8-26-20)4-3-15(1)17(21-27-9-10-28-21)13-19-23-5-6-24-19/h1-14H.